The number of ether oxygens (including phenoxy) is 1. The molecule has 3 aromatic rings. The predicted molar refractivity (Wildman–Crippen MR) is 144 cm³/mol. The number of nitriles is 1. The van der Waals surface area contributed by atoms with Crippen LogP contribution in [0.3, 0.4) is 0 Å². The summed E-state index contributed by atoms with van der Waals surface area (Å²) in [5, 5.41) is 10.6. The molecule has 0 unspecified atom stereocenters. The van der Waals surface area contributed by atoms with Gasteiger partial charge in [0.2, 0.25) is 5.91 Å². The Bertz CT molecular complexity index is 1270. The van der Waals surface area contributed by atoms with Crippen molar-refractivity contribution in [2.75, 3.05) is 13.2 Å². The number of carbonyl (C=O) groups excluding carboxylic acids is 2. The summed E-state index contributed by atoms with van der Waals surface area (Å²) in [6, 6.07) is 18.4. The molecule has 5 nitrogen and oxygen atoms in total. The fourth-order valence-corrected chi connectivity index (χ4v) is 6.27. The molecule has 1 amide bonds. The summed E-state index contributed by atoms with van der Waals surface area (Å²) in [5.41, 5.74) is 2.05. The van der Waals surface area contributed by atoms with Gasteiger partial charge in [-0.05, 0) is 61.4 Å². The van der Waals surface area contributed by atoms with Gasteiger partial charge >= 0.3 is 5.97 Å². The molecule has 0 radical (unpaired) electrons. The van der Waals surface area contributed by atoms with E-state index in [9.17, 15) is 14.9 Å². The second-order valence-electron chi connectivity index (χ2n) is 9.70. The SMILES string of the molecule is CCCCC(=O)N(Cc1ccc2sc(-c3ccccc3C#N)cc2c1)CC1(C(=O)OCC)CCCC1. The van der Waals surface area contributed by atoms with Crippen LogP contribution < -0.4 is 0 Å². The highest BCUT2D eigenvalue weighted by Crippen LogP contribution is 2.41. The fourth-order valence-electron chi connectivity index (χ4n) is 5.19. The number of esters is 1. The van der Waals surface area contributed by atoms with Crippen molar-refractivity contribution in [2.24, 2.45) is 5.41 Å². The normalized spacial score (nSPS) is 14.5. The molecule has 6 heteroatoms. The van der Waals surface area contributed by atoms with Crippen LogP contribution in [-0.4, -0.2) is 29.9 Å². The van der Waals surface area contributed by atoms with E-state index >= 15 is 0 Å². The summed E-state index contributed by atoms with van der Waals surface area (Å²) in [6.07, 6.45) is 5.81. The van der Waals surface area contributed by atoms with E-state index in [0.717, 1.165) is 64.6 Å². The minimum Gasteiger partial charge on any atom is -0.466 e. The Morgan fingerprint density at radius 1 is 1.11 bits per heavy atom. The van der Waals surface area contributed by atoms with Crippen LogP contribution in [0.2, 0.25) is 0 Å². The maximum atomic E-state index is 13.3. The van der Waals surface area contributed by atoms with Gasteiger partial charge in [-0.25, -0.2) is 0 Å². The third kappa shape index (κ3) is 5.63. The number of rotatable bonds is 10. The van der Waals surface area contributed by atoms with E-state index in [-0.39, 0.29) is 11.9 Å². The van der Waals surface area contributed by atoms with Crippen LogP contribution in [0, 0.1) is 16.7 Å². The highest BCUT2D eigenvalue weighted by atomic mass is 32.1. The van der Waals surface area contributed by atoms with E-state index < -0.39 is 5.41 Å². The zero-order chi connectivity index (χ0) is 25.5. The first-order valence-corrected chi connectivity index (χ1v) is 13.8. The van der Waals surface area contributed by atoms with Crippen molar-refractivity contribution in [3.05, 3.63) is 59.7 Å². The Balaban J connectivity index is 1.62. The fraction of sp³-hybridized carbons (Fsp3) is 0.433. The van der Waals surface area contributed by atoms with Crippen LogP contribution in [-0.2, 0) is 20.9 Å². The quantitative estimate of drug-likeness (QED) is 0.278. The van der Waals surface area contributed by atoms with Crippen LogP contribution in [0.5, 0.6) is 0 Å². The van der Waals surface area contributed by atoms with Crippen LogP contribution in [0.1, 0.15) is 69.9 Å². The number of fused-ring (bicyclic) bond motifs is 1. The Labute approximate surface area is 217 Å². The highest BCUT2D eigenvalue weighted by Gasteiger charge is 2.44. The average molecular weight is 503 g/mol. The summed E-state index contributed by atoms with van der Waals surface area (Å²) >= 11 is 1.67. The molecule has 188 valence electrons. The van der Waals surface area contributed by atoms with E-state index in [0.29, 0.717) is 31.7 Å². The monoisotopic (exact) mass is 502 g/mol. The van der Waals surface area contributed by atoms with Crippen molar-refractivity contribution in [1.82, 2.24) is 4.90 Å². The molecular formula is C30H34N2O3S. The van der Waals surface area contributed by atoms with Crippen LogP contribution in [0.4, 0.5) is 0 Å². The minimum atomic E-state index is -0.599. The molecule has 0 aliphatic heterocycles. The zero-order valence-electron chi connectivity index (χ0n) is 21.2. The van der Waals surface area contributed by atoms with Gasteiger partial charge in [-0.1, -0.05) is 50.5 Å². The first-order chi connectivity index (χ1) is 17.5. The van der Waals surface area contributed by atoms with Gasteiger partial charge in [-0.15, -0.1) is 11.3 Å². The zero-order valence-corrected chi connectivity index (χ0v) is 22.0. The number of unbranched alkanes of at least 4 members (excludes halogenated alkanes) is 1. The lowest BCUT2D eigenvalue weighted by atomic mass is 9.85. The number of nitrogens with zero attached hydrogens (tertiary/aromatic N) is 2. The molecule has 0 N–H and O–H groups in total. The molecule has 0 saturated heterocycles. The summed E-state index contributed by atoms with van der Waals surface area (Å²) in [7, 11) is 0. The van der Waals surface area contributed by atoms with E-state index in [1.54, 1.807) is 11.3 Å². The topological polar surface area (TPSA) is 70.4 Å². The molecule has 1 aliphatic rings. The van der Waals surface area contributed by atoms with Crippen LogP contribution >= 0.6 is 11.3 Å². The largest absolute Gasteiger partial charge is 0.466 e. The van der Waals surface area contributed by atoms with Gasteiger partial charge < -0.3 is 9.64 Å². The second-order valence-corrected chi connectivity index (χ2v) is 10.8. The van der Waals surface area contributed by atoms with Crippen molar-refractivity contribution in [1.29, 1.82) is 5.26 Å². The number of hydrogen-bond acceptors (Lipinski definition) is 5. The number of thiophene rings is 1. The van der Waals surface area contributed by atoms with Crippen molar-refractivity contribution in [3.8, 4) is 16.5 Å². The molecule has 1 saturated carbocycles. The third-order valence-electron chi connectivity index (χ3n) is 7.13. The van der Waals surface area contributed by atoms with Gasteiger partial charge in [0.25, 0.3) is 0 Å². The van der Waals surface area contributed by atoms with Gasteiger partial charge in [0.15, 0.2) is 0 Å². The first-order valence-electron chi connectivity index (χ1n) is 13.0. The standard InChI is InChI=1S/C30H34N2O3S/c1-3-5-12-28(33)32(21-30(15-8-9-16-30)29(34)35-4-2)20-22-13-14-26-24(17-22)18-27(36-26)25-11-7-6-10-23(25)19-31/h6-7,10-11,13-14,17-18H,3-5,8-9,12,15-16,20-21H2,1-2H3. The van der Waals surface area contributed by atoms with Crippen molar-refractivity contribution < 1.29 is 14.3 Å². The van der Waals surface area contributed by atoms with E-state index in [1.807, 2.05) is 36.1 Å². The van der Waals surface area contributed by atoms with E-state index in [2.05, 4.69) is 37.3 Å². The maximum Gasteiger partial charge on any atom is 0.313 e. The van der Waals surface area contributed by atoms with Crippen molar-refractivity contribution in [2.45, 2.75) is 65.3 Å². The predicted octanol–water partition coefficient (Wildman–Crippen LogP) is 7.08. The lowest BCUT2D eigenvalue weighted by molar-refractivity contribution is -0.157. The van der Waals surface area contributed by atoms with E-state index in [1.165, 1.54) is 0 Å². The smallest absolute Gasteiger partial charge is 0.313 e. The molecule has 0 atom stereocenters. The highest BCUT2D eigenvalue weighted by molar-refractivity contribution is 7.22. The minimum absolute atomic E-state index is 0.0986. The second kappa shape index (κ2) is 11.7. The molecule has 36 heavy (non-hydrogen) atoms. The Hall–Kier alpha value is -3.17. The van der Waals surface area contributed by atoms with Crippen molar-refractivity contribution >= 4 is 33.3 Å². The molecular weight excluding hydrogens is 468 g/mol. The van der Waals surface area contributed by atoms with E-state index in [4.69, 9.17) is 4.74 Å². The number of carbonyl (C=O) groups is 2. The van der Waals surface area contributed by atoms with Gasteiger partial charge in [-0.2, -0.15) is 5.26 Å². The maximum absolute atomic E-state index is 13.3. The Kier molecular flexibility index (Phi) is 8.43. The molecule has 1 fully saturated rings. The molecule has 1 aliphatic carbocycles. The van der Waals surface area contributed by atoms with Gasteiger partial charge in [-0.3, -0.25) is 9.59 Å². The van der Waals surface area contributed by atoms with Gasteiger partial charge in [0, 0.05) is 34.7 Å². The molecule has 1 aromatic heterocycles. The first kappa shape index (κ1) is 25.9. The molecule has 0 spiro atoms. The molecule has 0 bridgehead atoms. The van der Waals surface area contributed by atoms with Crippen LogP contribution in [0.25, 0.3) is 20.5 Å². The Morgan fingerprint density at radius 2 is 1.89 bits per heavy atom. The van der Waals surface area contributed by atoms with Gasteiger partial charge in [0.05, 0.1) is 23.7 Å². The summed E-state index contributed by atoms with van der Waals surface area (Å²) < 4.78 is 6.61. The van der Waals surface area contributed by atoms with Gasteiger partial charge in [0.1, 0.15) is 0 Å². The number of hydrogen-bond donors (Lipinski definition) is 0. The third-order valence-corrected chi connectivity index (χ3v) is 8.28. The average Bonchev–Trinajstić information content (AvgIpc) is 3.54. The number of benzene rings is 2. The Morgan fingerprint density at radius 3 is 2.61 bits per heavy atom. The summed E-state index contributed by atoms with van der Waals surface area (Å²) in [6.45, 7) is 5.16. The lowest BCUT2D eigenvalue weighted by Crippen LogP contribution is -2.44. The lowest BCUT2D eigenvalue weighted by Gasteiger charge is -2.34. The number of amides is 1. The van der Waals surface area contributed by atoms with Crippen LogP contribution in [0.15, 0.2) is 48.5 Å². The summed E-state index contributed by atoms with van der Waals surface area (Å²) in [5.74, 6) is -0.0636. The molecule has 2 aromatic carbocycles. The molecule has 1 heterocycles. The summed E-state index contributed by atoms with van der Waals surface area (Å²) in [4.78, 5) is 29.2. The molecule has 4 rings (SSSR count). The van der Waals surface area contributed by atoms with Crippen molar-refractivity contribution in [3.63, 3.8) is 0 Å².